The van der Waals surface area contributed by atoms with Gasteiger partial charge in [-0.3, -0.25) is 4.68 Å². The van der Waals surface area contributed by atoms with Crippen LogP contribution in [0.4, 0.5) is 0 Å². The van der Waals surface area contributed by atoms with Gasteiger partial charge in [0.2, 0.25) is 0 Å². The van der Waals surface area contributed by atoms with Crippen molar-refractivity contribution in [2.75, 3.05) is 0 Å². The molecule has 0 aliphatic rings. The van der Waals surface area contributed by atoms with E-state index in [-0.39, 0.29) is 5.38 Å². The van der Waals surface area contributed by atoms with Gasteiger partial charge in [0.25, 0.3) is 0 Å². The molecule has 0 aromatic carbocycles. The van der Waals surface area contributed by atoms with E-state index in [0.717, 1.165) is 25.1 Å². The molecule has 0 fully saturated rings. The number of alkyl halides is 1. The first-order valence-electron chi connectivity index (χ1n) is 5.38. The van der Waals surface area contributed by atoms with Crippen LogP contribution >= 0.6 is 11.6 Å². The zero-order chi connectivity index (χ0) is 10.7. The molecule has 1 rings (SSSR count). The minimum absolute atomic E-state index is 0.0696. The largest absolute Gasteiger partial charge is 0.269 e. The number of hydrogen-bond donors (Lipinski definition) is 0. The summed E-state index contributed by atoms with van der Waals surface area (Å²) in [5.41, 5.74) is 3.71. The highest BCUT2D eigenvalue weighted by molar-refractivity contribution is 6.20. The molecule has 0 N–H and O–H groups in total. The van der Waals surface area contributed by atoms with E-state index in [4.69, 9.17) is 11.6 Å². The maximum atomic E-state index is 6.19. The van der Waals surface area contributed by atoms with Crippen LogP contribution in [0, 0.1) is 0 Å². The molecule has 1 atom stereocenters. The van der Waals surface area contributed by atoms with Crippen molar-refractivity contribution in [2.24, 2.45) is 0 Å². The molecule has 0 saturated carbocycles. The van der Waals surface area contributed by atoms with Crippen LogP contribution in [0.15, 0.2) is 0 Å². The van der Waals surface area contributed by atoms with E-state index in [9.17, 15) is 0 Å². The van der Waals surface area contributed by atoms with Crippen molar-refractivity contribution in [3.8, 4) is 0 Å². The van der Waals surface area contributed by atoms with Crippen LogP contribution in [0.2, 0.25) is 0 Å². The molecule has 0 amide bonds. The quantitative estimate of drug-likeness (QED) is 0.704. The van der Waals surface area contributed by atoms with Gasteiger partial charge in [-0.1, -0.05) is 13.8 Å². The molecule has 80 valence electrons. The summed E-state index contributed by atoms with van der Waals surface area (Å²) >= 11 is 6.19. The van der Waals surface area contributed by atoms with Crippen LogP contribution in [-0.4, -0.2) is 9.78 Å². The molecule has 1 aromatic rings. The van der Waals surface area contributed by atoms with Gasteiger partial charge in [0, 0.05) is 17.8 Å². The highest BCUT2D eigenvalue weighted by Crippen LogP contribution is 2.27. The maximum absolute atomic E-state index is 6.19. The van der Waals surface area contributed by atoms with Crippen molar-refractivity contribution in [1.82, 2.24) is 9.78 Å². The molecule has 14 heavy (non-hydrogen) atoms. The fraction of sp³-hybridized carbons (Fsp3) is 0.727. The summed E-state index contributed by atoms with van der Waals surface area (Å²) < 4.78 is 2.08. The average molecular weight is 215 g/mol. The van der Waals surface area contributed by atoms with Crippen LogP contribution in [-0.2, 0) is 19.4 Å². The Hall–Kier alpha value is -0.500. The first-order valence-corrected chi connectivity index (χ1v) is 5.81. The van der Waals surface area contributed by atoms with Gasteiger partial charge >= 0.3 is 0 Å². The van der Waals surface area contributed by atoms with E-state index < -0.39 is 0 Å². The third kappa shape index (κ3) is 1.95. The third-order valence-corrected chi connectivity index (χ3v) is 2.76. The second kappa shape index (κ2) is 4.83. The number of rotatable bonds is 4. The van der Waals surface area contributed by atoms with Crippen LogP contribution in [0.3, 0.4) is 0 Å². The van der Waals surface area contributed by atoms with E-state index in [1.54, 1.807) is 0 Å². The molecular weight excluding hydrogens is 196 g/mol. The first-order chi connectivity index (χ1) is 6.65. The smallest absolute Gasteiger partial charge is 0.0671 e. The van der Waals surface area contributed by atoms with Crippen molar-refractivity contribution in [1.29, 1.82) is 0 Å². The summed E-state index contributed by atoms with van der Waals surface area (Å²) in [6, 6.07) is 0. The molecule has 1 heterocycles. The predicted molar refractivity (Wildman–Crippen MR) is 60.9 cm³/mol. The normalized spacial score (nSPS) is 13.2. The van der Waals surface area contributed by atoms with E-state index in [1.165, 1.54) is 11.3 Å². The van der Waals surface area contributed by atoms with E-state index in [1.807, 2.05) is 6.92 Å². The minimum atomic E-state index is 0.0696. The second-order valence-electron chi connectivity index (χ2n) is 3.45. The van der Waals surface area contributed by atoms with Gasteiger partial charge in [-0.25, -0.2) is 0 Å². The summed E-state index contributed by atoms with van der Waals surface area (Å²) in [5.74, 6) is 0. The first kappa shape index (κ1) is 11.6. The van der Waals surface area contributed by atoms with Crippen molar-refractivity contribution in [3.05, 3.63) is 17.0 Å². The zero-order valence-electron chi connectivity index (χ0n) is 9.47. The summed E-state index contributed by atoms with van der Waals surface area (Å²) in [4.78, 5) is 0. The van der Waals surface area contributed by atoms with Gasteiger partial charge in [-0.15, -0.1) is 11.6 Å². The minimum Gasteiger partial charge on any atom is -0.269 e. The Balaban J connectivity index is 3.26. The second-order valence-corrected chi connectivity index (χ2v) is 4.10. The van der Waals surface area contributed by atoms with Crippen molar-refractivity contribution in [2.45, 2.75) is 52.5 Å². The fourth-order valence-corrected chi connectivity index (χ4v) is 2.17. The highest BCUT2D eigenvalue weighted by Gasteiger charge is 2.17. The number of hydrogen-bond acceptors (Lipinski definition) is 1. The van der Waals surface area contributed by atoms with Crippen LogP contribution in [0.5, 0.6) is 0 Å². The van der Waals surface area contributed by atoms with Gasteiger partial charge in [0.1, 0.15) is 0 Å². The Kier molecular flexibility index (Phi) is 3.99. The average Bonchev–Trinajstić information content (AvgIpc) is 2.54. The lowest BCUT2D eigenvalue weighted by molar-refractivity contribution is 0.617. The molecule has 2 nitrogen and oxygen atoms in total. The molecule has 3 heteroatoms. The monoisotopic (exact) mass is 214 g/mol. The van der Waals surface area contributed by atoms with Gasteiger partial charge in [-0.05, 0) is 26.7 Å². The van der Waals surface area contributed by atoms with Crippen LogP contribution in [0.25, 0.3) is 0 Å². The van der Waals surface area contributed by atoms with Crippen LogP contribution in [0.1, 0.15) is 50.0 Å². The highest BCUT2D eigenvalue weighted by atomic mass is 35.5. The van der Waals surface area contributed by atoms with Gasteiger partial charge in [-0.2, -0.15) is 5.10 Å². The molecule has 0 saturated heterocycles. The number of aromatic nitrogens is 2. The number of aryl methyl sites for hydroxylation is 2. The molecule has 0 aliphatic heterocycles. The number of nitrogens with zero attached hydrogens (tertiary/aromatic N) is 2. The Morgan fingerprint density at radius 2 is 1.93 bits per heavy atom. The topological polar surface area (TPSA) is 17.8 Å². The van der Waals surface area contributed by atoms with Crippen molar-refractivity contribution < 1.29 is 0 Å². The summed E-state index contributed by atoms with van der Waals surface area (Å²) in [6.45, 7) is 9.36. The van der Waals surface area contributed by atoms with E-state index in [2.05, 4.69) is 30.6 Å². The summed E-state index contributed by atoms with van der Waals surface area (Å²) in [6.07, 6.45) is 1.97. The molecule has 1 aromatic heterocycles. The lowest BCUT2D eigenvalue weighted by atomic mass is 10.1. The molecular formula is C11H19ClN2. The predicted octanol–water partition coefficient (Wildman–Crippen LogP) is 3.33. The Morgan fingerprint density at radius 3 is 2.29 bits per heavy atom. The Morgan fingerprint density at radius 1 is 1.29 bits per heavy atom. The fourth-order valence-electron chi connectivity index (χ4n) is 1.92. The standard InChI is InChI=1S/C11H19ClN2/c1-5-9-11(8(4)12)10(6-2)14(7-3)13-9/h8H,5-7H2,1-4H3. The third-order valence-electron chi connectivity index (χ3n) is 2.54. The zero-order valence-corrected chi connectivity index (χ0v) is 10.2. The molecule has 0 bridgehead atoms. The van der Waals surface area contributed by atoms with Gasteiger partial charge in [0.05, 0.1) is 11.1 Å². The lowest BCUT2D eigenvalue weighted by Gasteiger charge is -2.07. The summed E-state index contributed by atoms with van der Waals surface area (Å²) in [5, 5.41) is 4.64. The molecule has 0 radical (unpaired) electrons. The van der Waals surface area contributed by atoms with Crippen LogP contribution < -0.4 is 0 Å². The van der Waals surface area contributed by atoms with Crippen molar-refractivity contribution >= 4 is 11.6 Å². The van der Waals surface area contributed by atoms with Crippen molar-refractivity contribution in [3.63, 3.8) is 0 Å². The van der Waals surface area contributed by atoms with E-state index >= 15 is 0 Å². The SMILES string of the molecule is CCc1nn(CC)c(CC)c1C(C)Cl. The number of halogens is 1. The Bertz CT molecular complexity index is 302. The van der Waals surface area contributed by atoms with Gasteiger partial charge in [0.15, 0.2) is 0 Å². The van der Waals surface area contributed by atoms with Gasteiger partial charge < -0.3 is 0 Å². The lowest BCUT2D eigenvalue weighted by Crippen LogP contribution is -2.03. The Labute approximate surface area is 91.3 Å². The molecule has 0 spiro atoms. The molecule has 0 aliphatic carbocycles. The van der Waals surface area contributed by atoms with E-state index in [0.29, 0.717) is 0 Å². The molecule has 1 unspecified atom stereocenters. The maximum Gasteiger partial charge on any atom is 0.0671 e. The summed E-state index contributed by atoms with van der Waals surface area (Å²) in [7, 11) is 0.